The lowest BCUT2D eigenvalue weighted by atomic mass is 9.95. The normalized spacial score (nSPS) is 28.0. The molecule has 9 heteroatoms. The first-order valence-electron chi connectivity index (χ1n) is 7.11. The van der Waals surface area contributed by atoms with Crippen LogP contribution in [0.4, 0.5) is 0 Å². The Morgan fingerprint density at radius 3 is 2.67 bits per heavy atom. The number of piperazine rings is 1. The van der Waals surface area contributed by atoms with E-state index < -0.39 is 11.5 Å². The van der Waals surface area contributed by atoms with E-state index in [0.29, 0.717) is 25.4 Å². The number of aryl methyl sites for hydroxylation is 1. The van der Waals surface area contributed by atoms with E-state index in [-0.39, 0.29) is 6.61 Å². The van der Waals surface area contributed by atoms with E-state index in [1.807, 2.05) is 4.90 Å². The Balaban J connectivity index is 1.58. The average molecular weight is 296 g/mol. The minimum absolute atomic E-state index is 0.286. The van der Waals surface area contributed by atoms with Crippen LogP contribution in [0.15, 0.2) is 0 Å². The van der Waals surface area contributed by atoms with Gasteiger partial charge in [-0.05, 0) is 5.21 Å². The molecule has 1 aromatic rings. The van der Waals surface area contributed by atoms with Crippen molar-refractivity contribution in [3.63, 3.8) is 0 Å². The van der Waals surface area contributed by atoms with Crippen LogP contribution < -0.4 is 0 Å². The highest BCUT2D eigenvalue weighted by molar-refractivity contribution is 5.79. The van der Waals surface area contributed by atoms with Gasteiger partial charge in [0.05, 0.1) is 20.2 Å². The van der Waals surface area contributed by atoms with Crippen molar-refractivity contribution in [2.24, 2.45) is 7.05 Å². The van der Waals surface area contributed by atoms with E-state index in [1.165, 1.54) is 4.80 Å². The molecule has 3 heterocycles. The van der Waals surface area contributed by atoms with Gasteiger partial charge in [0.2, 0.25) is 0 Å². The summed E-state index contributed by atoms with van der Waals surface area (Å²) in [6.45, 7) is 4.49. The molecule has 2 aliphatic heterocycles. The summed E-state index contributed by atoms with van der Waals surface area (Å²) in [6, 6.07) is 0. The van der Waals surface area contributed by atoms with Crippen LogP contribution in [0, 0.1) is 0 Å². The Bertz CT molecular complexity index is 505. The second-order valence-electron chi connectivity index (χ2n) is 5.60. The number of aliphatic carboxylic acids is 1. The number of hydrogen-bond acceptors (Lipinski definition) is 7. The number of tetrazole rings is 1. The van der Waals surface area contributed by atoms with Gasteiger partial charge < -0.3 is 9.84 Å². The Kier molecular flexibility index (Phi) is 3.87. The zero-order valence-corrected chi connectivity index (χ0v) is 12.1. The topological polar surface area (TPSA) is 96.6 Å². The predicted octanol–water partition coefficient (Wildman–Crippen LogP) is -1.43. The van der Waals surface area contributed by atoms with Gasteiger partial charge in [0.15, 0.2) is 5.82 Å². The molecule has 0 aromatic carbocycles. The van der Waals surface area contributed by atoms with Gasteiger partial charge in [-0.3, -0.25) is 14.6 Å². The van der Waals surface area contributed by atoms with Gasteiger partial charge in [0.1, 0.15) is 5.54 Å². The third-order valence-corrected chi connectivity index (χ3v) is 4.29. The first kappa shape index (κ1) is 14.4. The number of nitrogens with zero attached hydrogens (tertiary/aromatic N) is 6. The molecule has 1 unspecified atom stereocenters. The second kappa shape index (κ2) is 5.66. The van der Waals surface area contributed by atoms with E-state index in [9.17, 15) is 9.90 Å². The fraction of sp³-hybridized carbons (Fsp3) is 0.833. The van der Waals surface area contributed by atoms with Gasteiger partial charge in [-0.2, -0.15) is 4.80 Å². The molecule has 0 saturated carbocycles. The van der Waals surface area contributed by atoms with E-state index >= 15 is 0 Å². The maximum absolute atomic E-state index is 11.6. The van der Waals surface area contributed by atoms with Gasteiger partial charge >= 0.3 is 5.97 Å². The quantitative estimate of drug-likeness (QED) is 0.722. The molecule has 3 rings (SSSR count). The van der Waals surface area contributed by atoms with Crippen LogP contribution in [0.3, 0.4) is 0 Å². The summed E-state index contributed by atoms with van der Waals surface area (Å²) in [4.78, 5) is 17.3. The van der Waals surface area contributed by atoms with Crippen molar-refractivity contribution in [3.8, 4) is 0 Å². The molecule has 116 valence electrons. The number of carboxylic acids is 1. The van der Waals surface area contributed by atoms with Crippen LogP contribution in [0.1, 0.15) is 12.2 Å². The molecule has 0 aliphatic carbocycles. The maximum atomic E-state index is 11.6. The van der Waals surface area contributed by atoms with Crippen LogP contribution in [0.5, 0.6) is 0 Å². The molecule has 1 N–H and O–H groups in total. The number of ether oxygens (including phenoxy) is 1. The molecular weight excluding hydrogens is 276 g/mol. The summed E-state index contributed by atoms with van der Waals surface area (Å²) in [5, 5.41) is 21.5. The predicted molar refractivity (Wildman–Crippen MR) is 71.5 cm³/mol. The molecule has 2 fully saturated rings. The summed E-state index contributed by atoms with van der Waals surface area (Å²) in [5.41, 5.74) is -0.836. The fourth-order valence-corrected chi connectivity index (χ4v) is 3.03. The molecule has 1 atom stereocenters. The molecule has 9 nitrogen and oxygen atoms in total. The fourth-order valence-electron chi connectivity index (χ4n) is 3.03. The summed E-state index contributed by atoms with van der Waals surface area (Å²) in [6.07, 6.45) is 0.564. The molecule has 0 radical (unpaired) electrons. The molecule has 21 heavy (non-hydrogen) atoms. The summed E-state index contributed by atoms with van der Waals surface area (Å²) < 4.78 is 5.33. The molecule has 2 saturated heterocycles. The average Bonchev–Trinajstić information content (AvgIpc) is 3.10. The van der Waals surface area contributed by atoms with Gasteiger partial charge in [-0.25, -0.2) is 0 Å². The number of carbonyl (C=O) groups is 1. The minimum Gasteiger partial charge on any atom is -0.480 e. The lowest BCUT2D eigenvalue weighted by Gasteiger charge is -2.42. The van der Waals surface area contributed by atoms with Crippen LogP contribution >= 0.6 is 0 Å². The molecule has 0 bridgehead atoms. The van der Waals surface area contributed by atoms with Crippen molar-refractivity contribution in [3.05, 3.63) is 5.82 Å². The number of rotatable bonds is 4. The Morgan fingerprint density at radius 1 is 1.38 bits per heavy atom. The van der Waals surface area contributed by atoms with Gasteiger partial charge in [0, 0.05) is 39.2 Å². The van der Waals surface area contributed by atoms with E-state index in [1.54, 1.807) is 7.05 Å². The van der Waals surface area contributed by atoms with Crippen molar-refractivity contribution < 1.29 is 14.6 Å². The van der Waals surface area contributed by atoms with Crippen LogP contribution in [0.25, 0.3) is 0 Å². The van der Waals surface area contributed by atoms with Gasteiger partial charge in [-0.15, -0.1) is 10.2 Å². The monoisotopic (exact) mass is 296 g/mol. The van der Waals surface area contributed by atoms with Crippen molar-refractivity contribution in [2.75, 3.05) is 39.4 Å². The highest BCUT2D eigenvalue weighted by Gasteiger charge is 2.48. The number of hydrogen-bond donors (Lipinski definition) is 1. The zero-order chi connectivity index (χ0) is 14.9. The Labute approximate surface area is 122 Å². The van der Waals surface area contributed by atoms with Crippen molar-refractivity contribution >= 4 is 5.97 Å². The molecule has 2 aliphatic rings. The summed E-state index contributed by atoms with van der Waals surface area (Å²) >= 11 is 0. The molecule has 0 amide bonds. The van der Waals surface area contributed by atoms with Crippen LogP contribution in [-0.4, -0.2) is 86.0 Å². The maximum Gasteiger partial charge on any atom is 0.326 e. The van der Waals surface area contributed by atoms with Crippen LogP contribution in [0.2, 0.25) is 0 Å². The first-order valence-corrected chi connectivity index (χ1v) is 7.11. The third kappa shape index (κ3) is 2.76. The van der Waals surface area contributed by atoms with E-state index in [2.05, 4.69) is 20.3 Å². The Morgan fingerprint density at radius 2 is 2.14 bits per heavy atom. The van der Waals surface area contributed by atoms with Gasteiger partial charge in [-0.1, -0.05) is 0 Å². The number of carboxylic acid groups (broad SMARTS) is 1. The van der Waals surface area contributed by atoms with E-state index in [4.69, 9.17) is 4.74 Å². The minimum atomic E-state index is -0.836. The highest BCUT2D eigenvalue weighted by Crippen LogP contribution is 2.28. The Hall–Kier alpha value is -1.58. The first-order chi connectivity index (χ1) is 10.1. The zero-order valence-electron chi connectivity index (χ0n) is 12.1. The van der Waals surface area contributed by atoms with Crippen molar-refractivity contribution in [2.45, 2.75) is 18.5 Å². The van der Waals surface area contributed by atoms with E-state index in [0.717, 1.165) is 26.2 Å². The lowest BCUT2D eigenvalue weighted by molar-refractivity contribution is -0.153. The summed E-state index contributed by atoms with van der Waals surface area (Å²) in [7, 11) is 1.74. The van der Waals surface area contributed by atoms with Crippen LogP contribution in [-0.2, 0) is 23.1 Å². The standard InChI is InChI=1S/C12H20N6O3/c1-16-14-10(13-15-16)8-17-3-5-18(6-4-17)12(11(19)20)2-7-21-9-12/h2-9H2,1H3,(H,19,20). The second-order valence-corrected chi connectivity index (χ2v) is 5.60. The number of aromatic nitrogens is 4. The smallest absolute Gasteiger partial charge is 0.326 e. The van der Waals surface area contributed by atoms with Gasteiger partial charge in [0.25, 0.3) is 0 Å². The summed E-state index contributed by atoms with van der Waals surface area (Å²) in [5.74, 6) is -0.0767. The molecule has 0 spiro atoms. The molecular formula is C12H20N6O3. The largest absolute Gasteiger partial charge is 0.480 e. The third-order valence-electron chi connectivity index (χ3n) is 4.29. The highest BCUT2D eigenvalue weighted by atomic mass is 16.5. The van der Waals surface area contributed by atoms with Crippen molar-refractivity contribution in [1.82, 2.24) is 30.0 Å². The SMILES string of the molecule is Cn1nnc(CN2CCN(C3(C(=O)O)CCOC3)CC2)n1. The lowest BCUT2D eigenvalue weighted by Crippen LogP contribution is -2.61. The molecule has 1 aromatic heterocycles. The van der Waals surface area contributed by atoms with Crippen molar-refractivity contribution in [1.29, 1.82) is 0 Å².